The lowest BCUT2D eigenvalue weighted by Gasteiger charge is -2.18. The van der Waals surface area contributed by atoms with Crippen LogP contribution in [0.5, 0.6) is 0 Å². The largest absolute Gasteiger partial charge is 0.313 e. The van der Waals surface area contributed by atoms with Crippen molar-refractivity contribution in [3.05, 3.63) is 37.7 Å². The minimum atomic E-state index is 0.470. The molecule has 0 saturated heterocycles. The van der Waals surface area contributed by atoms with Gasteiger partial charge in [0, 0.05) is 33.5 Å². The molecule has 0 aliphatic heterocycles. The average Bonchev–Trinajstić information content (AvgIpc) is 2.94. The van der Waals surface area contributed by atoms with Gasteiger partial charge in [-0.15, -0.1) is 11.3 Å². The molecular formula is C16H24BrN3S. The first kappa shape index (κ1) is 16.7. The zero-order valence-corrected chi connectivity index (χ0v) is 15.6. The van der Waals surface area contributed by atoms with Crippen molar-refractivity contribution in [2.75, 3.05) is 6.54 Å². The van der Waals surface area contributed by atoms with Gasteiger partial charge in [-0.05, 0) is 67.2 Å². The monoisotopic (exact) mass is 369 g/mol. The fourth-order valence-electron chi connectivity index (χ4n) is 2.63. The Bertz CT molecular complexity index is 588. The van der Waals surface area contributed by atoms with Crippen molar-refractivity contribution in [3.63, 3.8) is 0 Å². The van der Waals surface area contributed by atoms with Gasteiger partial charge < -0.3 is 5.32 Å². The molecule has 1 N–H and O–H groups in total. The Labute approximate surface area is 139 Å². The molecule has 0 fully saturated rings. The average molecular weight is 370 g/mol. The third kappa shape index (κ3) is 4.41. The van der Waals surface area contributed by atoms with E-state index in [1.807, 2.05) is 23.1 Å². The number of nitrogens with zero attached hydrogens (tertiary/aromatic N) is 2. The maximum Gasteiger partial charge on any atom is 0.0628 e. The topological polar surface area (TPSA) is 29.9 Å². The standard InChI is InChI=1S/C16H24BrN3S/c1-5-6-18-14(8-15-7-13(17)10-21-15)9-16-11(2)19-20(4)12(16)3/h7,10,14,18H,5-6,8-9H2,1-4H3. The van der Waals surface area contributed by atoms with Gasteiger partial charge in [-0.3, -0.25) is 4.68 Å². The van der Waals surface area contributed by atoms with E-state index in [2.05, 4.69) is 58.6 Å². The number of aromatic nitrogens is 2. The molecule has 0 amide bonds. The van der Waals surface area contributed by atoms with Crippen molar-refractivity contribution in [2.45, 2.75) is 46.1 Å². The van der Waals surface area contributed by atoms with E-state index in [1.165, 1.54) is 20.6 Å². The third-order valence-electron chi connectivity index (χ3n) is 3.86. The molecular weight excluding hydrogens is 346 g/mol. The van der Waals surface area contributed by atoms with Gasteiger partial charge in [-0.25, -0.2) is 0 Å². The lowest BCUT2D eigenvalue weighted by molar-refractivity contribution is 0.505. The second-order valence-corrected chi connectivity index (χ2v) is 7.47. The molecule has 0 saturated carbocycles. The van der Waals surface area contributed by atoms with Crippen LogP contribution in [0.25, 0.3) is 0 Å². The third-order valence-corrected chi connectivity index (χ3v) is 5.58. The summed E-state index contributed by atoms with van der Waals surface area (Å²) >= 11 is 5.37. The molecule has 21 heavy (non-hydrogen) atoms. The fraction of sp³-hybridized carbons (Fsp3) is 0.562. The van der Waals surface area contributed by atoms with Crippen LogP contribution in [0.1, 0.15) is 35.2 Å². The lowest BCUT2D eigenvalue weighted by Crippen LogP contribution is -2.34. The maximum absolute atomic E-state index is 4.54. The van der Waals surface area contributed by atoms with Gasteiger partial charge in [0.2, 0.25) is 0 Å². The van der Waals surface area contributed by atoms with Crippen LogP contribution >= 0.6 is 27.3 Å². The molecule has 116 valence electrons. The molecule has 2 rings (SSSR count). The quantitative estimate of drug-likeness (QED) is 0.798. The first-order valence-corrected chi connectivity index (χ1v) is 9.13. The molecule has 0 bridgehead atoms. The molecule has 0 radical (unpaired) electrons. The van der Waals surface area contributed by atoms with E-state index in [4.69, 9.17) is 0 Å². The van der Waals surface area contributed by atoms with Crippen molar-refractivity contribution in [2.24, 2.45) is 7.05 Å². The molecule has 1 unspecified atom stereocenters. The number of thiophene rings is 1. The minimum absolute atomic E-state index is 0.470. The first-order valence-electron chi connectivity index (χ1n) is 7.46. The summed E-state index contributed by atoms with van der Waals surface area (Å²) in [6, 6.07) is 2.70. The SMILES string of the molecule is CCCNC(Cc1cc(Br)cs1)Cc1c(C)nn(C)c1C. The van der Waals surface area contributed by atoms with E-state index < -0.39 is 0 Å². The van der Waals surface area contributed by atoms with Crippen LogP contribution in [0.4, 0.5) is 0 Å². The first-order chi connectivity index (χ1) is 10.0. The Kier molecular flexibility index (Phi) is 6.02. The number of rotatable bonds is 7. The number of hydrogen-bond donors (Lipinski definition) is 1. The predicted molar refractivity (Wildman–Crippen MR) is 94.2 cm³/mol. The van der Waals surface area contributed by atoms with Gasteiger partial charge in [0.15, 0.2) is 0 Å². The number of nitrogens with one attached hydrogen (secondary N) is 1. The summed E-state index contributed by atoms with van der Waals surface area (Å²) in [5.74, 6) is 0. The zero-order chi connectivity index (χ0) is 15.4. The van der Waals surface area contributed by atoms with E-state index in [0.717, 1.165) is 31.5 Å². The van der Waals surface area contributed by atoms with Crippen molar-refractivity contribution in [1.82, 2.24) is 15.1 Å². The molecule has 1 atom stereocenters. The van der Waals surface area contributed by atoms with Gasteiger partial charge in [-0.1, -0.05) is 6.92 Å². The molecule has 2 aromatic rings. The van der Waals surface area contributed by atoms with Gasteiger partial charge >= 0.3 is 0 Å². The Morgan fingerprint density at radius 1 is 1.38 bits per heavy atom. The normalized spacial score (nSPS) is 12.8. The molecule has 0 aliphatic carbocycles. The second kappa shape index (κ2) is 7.56. The maximum atomic E-state index is 4.54. The smallest absolute Gasteiger partial charge is 0.0628 e. The summed E-state index contributed by atoms with van der Waals surface area (Å²) in [6.45, 7) is 7.55. The van der Waals surface area contributed by atoms with Gasteiger partial charge in [0.1, 0.15) is 0 Å². The highest BCUT2D eigenvalue weighted by Gasteiger charge is 2.16. The van der Waals surface area contributed by atoms with Crippen LogP contribution in [-0.4, -0.2) is 22.4 Å². The Morgan fingerprint density at radius 2 is 2.14 bits per heavy atom. The summed E-state index contributed by atoms with van der Waals surface area (Å²) in [5.41, 5.74) is 3.83. The van der Waals surface area contributed by atoms with E-state index >= 15 is 0 Å². The molecule has 0 aromatic carbocycles. The van der Waals surface area contributed by atoms with Crippen LogP contribution in [0.3, 0.4) is 0 Å². The Morgan fingerprint density at radius 3 is 2.67 bits per heavy atom. The molecule has 0 spiro atoms. The number of aryl methyl sites for hydroxylation is 2. The Balaban J connectivity index is 2.12. The molecule has 2 aromatic heterocycles. The highest BCUT2D eigenvalue weighted by atomic mass is 79.9. The van der Waals surface area contributed by atoms with Gasteiger partial charge in [0.25, 0.3) is 0 Å². The van der Waals surface area contributed by atoms with E-state index in [1.54, 1.807) is 0 Å². The van der Waals surface area contributed by atoms with E-state index in [0.29, 0.717) is 6.04 Å². The summed E-state index contributed by atoms with van der Waals surface area (Å²) in [7, 11) is 2.02. The molecule has 5 heteroatoms. The summed E-state index contributed by atoms with van der Waals surface area (Å²) < 4.78 is 3.17. The minimum Gasteiger partial charge on any atom is -0.313 e. The molecule has 2 heterocycles. The molecule has 3 nitrogen and oxygen atoms in total. The van der Waals surface area contributed by atoms with Crippen LogP contribution in [0.15, 0.2) is 15.9 Å². The van der Waals surface area contributed by atoms with Crippen molar-refractivity contribution in [1.29, 1.82) is 0 Å². The van der Waals surface area contributed by atoms with Crippen molar-refractivity contribution in [3.8, 4) is 0 Å². The van der Waals surface area contributed by atoms with Crippen LogP contribution < -0.4 is 5.32 Å². The number of halogens is 1. The van der Waals surface area contributed by atoms with Crippen LogP contribution in [0.2, 0.25) is 0 Å². The van der Waals surface area contributed by atoms with Gasteiger partial charge in [-0.2, -0.15) is 5.10 Å². The highest BCUT2D eigenvalue weighted by Crippen LogP contribution is 2.23. The highest BCUT2D eigenvalue weighted by molar-refractivity contribution is 9.10. The fourth-order valence-corrected chi connectivity index (χ4v) is 4.16. The van der Waals surface area contributed by atoms with E-state index in [-0.39, 0.29) is 0 Å². The summed E-state index contributed by atoms with van der Waals surface area (Å²) in [4.78, 5) is 1.43. The second-order valence-electron chi connectivity index (χ2n) is 5.56. The van der Waals surface area contributed by atoms with Crippen LogP contribution in [-0.2, 0) is 19.9 Å². The summed E-state index contributed by atoms with van der Waals surface area (Å²) in [5, 5.41) is 10.4. The predicted octanol–water partition coefficient (Wildman–Crippen LogP) is 4.01. The lowest BCUT2D eigenvalue weighted by atomic mass is 10.0. The Hall–Kier alpha value is -0.650. The van der Waals surface area contributed by atoms with Gasteiger partial charge in [0.05, 0.1) is 5.69 Å². The molecule has 0 aliphatic rings. The van der Waals surface area contributed by atoms with Crippen LogP contribution in [0, 0.1) is 13.8 Å². The van der Waals surface area contributed by atoms with E-state index in [9.17, 15) is 0 Å². The summed E-state index contributed by atoms with van der Waals surface area (Å²) in [6.07, 6.45) is 3.28. The van der Waals surface area contributed by atoms with Crippen molar-refractivity contribution >= 4 is 27.3 Å². The number of hydrogen-bond acceptors (Lipinski definition) is 3. The van der Waals surface area contributed by atoms with Crippen molar-refractivity contribution < 1.29 is 0 Å². The zero-order valence-electron chi connectivity index (χ0n) is 13.2.